The molecule has 3 aromatic rings. The first kappa shape index (κ1) is 20.5. The van der Waals surface area contributed by atoms with Gasteiger partial charge in [0, 0.05) is 5.92 Å². The van der Waals surface area contributed by atoms with E-state index in [1.165, 1.54) is 0 Å². The summed E-state index contributed by atoms with van der Waals surface area (Å²) >= 11 is 0. The number of hydrogen-bond acceptors (Lipinski definition) is 2. The fourth-order valence-corrected chi connectivity index (χ4v) is 2.98. The molecule has 9 heteroatoms. The Bertz CT molecular complexity index is 956. The van der Waals surface area contributed by atoms with Crippen LogP contribution < -0.4 is 11.5 Å². The number of hydrogen-bond donors (Lipinski definition) is 2. The number of alkyl halides is 3. The van der Waals surface area contributed by atoms with Crippen LogP contribution in [-0.4, -0.2) is 0 Å². The van der Waals surface area contributed by atoms with Crippen molar-refractivity contribution in [2.24, 2.45) is 0 Å². The molecule has 0 aliphatic carbocycles. The quantitative estimate of drug-likeness (QED) is 0.333. The van der Waals surface area contributed by atoms with Gasteiger partial charge in [-0.05, 0) is 53.1 Å². The van der Waals surface area contributed by atoms with Gasteiger partial charge in [0.15, 0.2) is 0 Å². The van der Waals surface area contributed by atoms with E-state index in [-0.39, 0.29) is 16.7 Å². The van der Waals surface area contributed by atoms with Crippen LogP contribution in [-0.2, 0) is 6.18 Å². The molecule has 2 nitrogen and oxygen atoms in total. The van der Waals surface area contributed by atoms with Gasteiger partial charge in [0.1, 0.15) is 34.6 Å². The van der Waals surface area contributed by atoms with Crippen LogP contribution in [0.3, 0.4) is 0 Å². The zero-order valence-corrected chi connectivity index (χ0v) is 14.5. The van der Waals surface area contributed by atoms with Gasteiger partial charge in [0.25, 0.3) is 0 Å². The maximum Gasteiger partial charge on any atom is 0.416 e. The fraction of sp³-hybridized carbons (Fsp3) is 0.100. The maximum atomic E-state index is 14.0. The van der Waals surface area contributed by atoms with Crippen LogP contribution in [0.15, 0.2) is 48.5 Å². The molecule has 0 aromatic heterocycles. The average molecular weight is 414 g/mol. The smallest absolute Gasteiger partial charge is 0.394 e. The first-order chi connectivity index (χ1) is 13.5. The van der Waals surface area contributed by atoms with Crippen molar-refractivity contribution >= 4 is 11.4 Å². The van der Waals surface area contributed by atoms with Gasteiger partial charge in [-0.3, -0.25) is 0 Å². The number of nitrogen functional groups attached to an aromatic ring is 2. The number of nitrogens with two attached hydrogens (primary N) is 2. The van der Waals surface area contributed by atoms with Crippen LogP contribution in [0.1, 0.15) is 28.2 Å². The van der Waals surface area contributed by atoms with Crippen molar-refractivity contribution in [3.05, 3.63) is 94.1 Å². The van der Waals surface area contributed by atoms with Crippen LogP contribution in [0.5, 0.6) is 0 Å². The summed E-state index contributed by atoms with van der Waals surface area (Å²) in [4.78, 5) is 0. The lowest BCUT2D eigenvalue weighted by molar-refractivity contribution is -0.137. The number of anilines is 2. The van der Waals surface area contributed by atoms with Gasteiger partial charge in [-0.15, -0.1) is 0 Å². The van der Waals surface area contributed by atoms with Crippen molar-refractivity contribution in [1.29, 1.82) is 0 Å². The first-order valence-electron chi connectivity index (χ1n) is 8.15. The summed E-state index contributed by atoms with van der Waals surface area (Å²) in [6.07, 6.45) is -4.60. The molecule has 0 aliphatic rings. The Labute approximate surface area is 160 Å². The molecule has 3 rings (SSSR count). The third kappa shape index (κ3) is 3.98. The SMILES string of the molecule is Nc1c(F)cc(C(c2ccc(C(F)(F)F)cc2)c2cc(F)c(N)c(F)c2)cc1F. The second kappa shape index (κ2) is 7.31. The highest BCUT2D eigenvalue weighted by Crippen LogP contribution is 2.37. The highest BCUT2D eigenvalue weighted by molar-refractivity contribution is 5.52. The molecule has 0 spiro atoms. The van der Waals surface area contributed by atoms with Crippen LogP contribution in [0, 0.1) is 23.3 Å². The Morgan fingerprint density at radius 1 is 0.586 bits per heavy atom. The number of halogens is 7. The lowest BCUT2D eigenvalue weighted by atomic mass is 9.84. The van der Waals surface area contributed by atoms with Crippen LogP contribution in [0.4, 0.5) is 42.1 Å². The molecule has 0 fully saturated rings. The maximum absolute atomic E-state index is 14.0. The van der Waals surface area contributed by atoms with Gasteiger partial charge in [0.2, 0.25) is 0 Å². The van der Waals surface area contributed by atoms with E-state index in [0.29, 0.717) is 0 Å². The topological polar surface area (TPSA) is 52.0 Å². The summed E-state index contributed by atoms with van der Waals surface area (Å²) in [5.74, 6) is -5.66. The molecule has 29 heavy (non-hydrogen) atoms. The Balaban J connectivity index is 2.22. The van der Waals surface area contributed by atoms with E-state index in [1.54, 1.807) is 0 Å². The standard InChI is InChI=1S/C20H13F7N2/c21-13-5-10(6-14(22)18(13)28)17(11-7-15(23)19(29)16(24)8-11)9-1-3-12(4-2-9)20(25,26)27/h1-8,17H,28-29H2. The van der Waals surface area contributed by atoms with Crippen LogP contribution in [0.25, 0.3) is 0 Å². The summed E-state index contributed by atoms with van der Waals surface area (Å²) in [6, 6.07) is 7.06. The Kier molecular flexibility index (Phi) is 5.16. The van der Waals surface area contributed by atoms with E-state index in [1.807, 2.05) is 0 Å². The second-order valence-electron chi connectivity index (χ2n) is 6.35. The zero-order chi connectivity index (χ0) is 21.5. The van der Waals surface area contributed by atoms with E-state index < -0.39 is 52.3 Å². The van der Waals surface area contributed by atoms with Gasteiger partial charge in [-0.2, -0.15) is 13.2 Å². The third-order valence-electron chi connectivity index (χ3n) is 4.44. The van der Waals surface area contributed by atoms with Gasteiger partial charge in [-0.1, -0.05) is 12.1 Å². The zero-order valence-electron chi connectivity index (χ0n) is 14.5. The molecular weight excluding hydrogens is 401 g/mol. The molecule has 0 saturated heterocycles. The summed E-state index contributed by atoms with van der Waals surface area (Å²) in [5.41, 5.74) is 7.96. The molecule has 0 bridgehead atoms. The van der Waals surface area contributed by atoms with E-state index in [9.17, 15) is 30.7 Å². The third-order valence-corrected chi connectivity index (χ3v) is 4.44. The normalized spacial score (nSPS) is 11.9. The predicted octanol–water partition coefficient (Wildman–Crippen LogP) is 5.61. The molecule has 0 unspecified atom stereocenters. The molecule has 0 radical (unpaired) electrons. The highest BCUT2D eigenvalue weighted by Gasteiger charge is 2.31. The van der Waals surface area contributed by atoms with Gasteiger partial charge >= 0.3 is 6.18 Å². The van der Waals surface area contributed by atoms with Crippen molar-refractivity contribution in [3.63, 3.8) is 0 Å². The molecule has 152 valence electrons. The van der Waals surface area contributed by atoms with Gasteiger partial charge in [0.05, 0.1) is 5.56 Å². The summed E-state index contributed by atoms with van der Waals surface area (Å²) in [6.45, 7) is 0. The van der Waals surface area contributed by atoms with Crippen LogP contribution in [0.2, 0.25) is 0 Å². The van der Waals surface area contributed by atoms with E-state index in [0.717, 1.165) is 48.5 Å². The summed E-state index contributed by atoms with van der Waals surface area (Å²) in [7, 11) is 0. The van der Waals surface area contributed by atoms with Gasteiger partial charge in [-0.25, -0.2) is 17.6 Å². The minimum absolute atomic E-state index is 0.0995. The summed E-state index contributed by atoms with van der Waals surface area (Å²) < 4.78 is 94.5. The fourth-order valence-electron chi connectivity index (χ4n) is 2.98. The molecule has 0 saturated carbocycles. The van der Waals surface area contributed by atoms with E-state index in [2.05, 4.69) is 0 Å². The summed E-state index contributed by atoms with van der Waals surface area (Å²) in [5, 5.41) is 0. The molecule has 0 heterocycles. The molecular formula is C20H13F7N2. The molecule has 0 amide bonds. The Morgan fingerprint density at radius 2 is 0.931 bits per heavy atom. The van der Waals surface area contributed by atoms with Crippen molar-refractivity contribution in [3.8, 4) is 0 Å². The average Bonchev–Trinajstić information content (AvgIpc) is 2.64. The number of rotatable bonds is 3. The van der Waals surface area contributed by atoms with Crippen molar-refractivity contribution in [1.82, 2.24) is 0 Å². The molecule has 3 aromatic carbocycles. The first-order valence-corrected chi connectivity index (χ1v) is 8.15. The monoisotopic (exact) mass is 414 g/mol. The number of benzene rings is 3. The van der Waals surface area contributed by atoms with Crippen molar-refractivity contribution < 1.29 is 30.7 Å². The van der Waals surface area contributed by atoms with E-state index >= 15 is 0 Å². The Hall–Kier alpha value is -3.23. The van der Waals surface area contributed by atoms with Crippen molar-refractivity contribution in [2.75, 3.05) is 11.5 Å². The van der Waals surface area contributed by atoms with E-state index in [4.69, 9.17) is 11.5 Å². The van der Waals surface area contributed by atoms with Crippen LogP contribution >= 0.6 is 0 Å². The minimum Gasteiger partial charge on any atom is -0.394 e. The Morgan fingerprint density at radius 3 is 1.24 bits per heavy atom. The minimum atomic E-state index is -4.60. The lowest BCUT2D eigenvalue weighted by Gasteiger charge is -2.21. The molecule has 0 aliphatic heterocycles. The predicted molar refractivity (Wildman–Crippen MR) is 93.9 cm³/mol. The van der Waals surface area contributed by atoms with Crippen molar-refractivity contribution in [2.45, 2.75) is 12.1 Å². The molecule has 4 N–H and O–H groups in total. The second-order valence-corrected chi connectivity index (χ2v) is 6.35. The highest BCUT2D eigenvalue weighted by atomic mass is 19.4. The van der Waals surface area contributed by atoms with Gasteiger partial charge < -0.3 is 11.5 Å². The molecule has 0 atom stereocenters. The lowest BCUT2D eigenvalue weighted by Crippen LogP contribution is -2.10. The largest absolute Gasteiger partial charge is 0.416 e.